The van der Waals surface area contributed by atoms with E-state index in [1.54, 1.807) is 48.5 Å². The number of thiocarbonyl (C=S) groups is 1. The van der Waals surface area contributed by atoms with E-state index in [0.717, 1.165) is 12.0 Å². The molecule has 152 valence electrons. The number of rotatable bonds is 6. The molecule has 0 bridgehead atoms. The van der Waals surface area contributed by atoms with E-state index in [4.69, 9.17) is 23.8 Å². The largest absolute Gasteiger partial charge is 0.326 e. The minimum atomic E-state index is -0.439. The summed E-state index contributed by atoms with van der Waals surface area (Å²) >= 11 is 10.8. The number of nitrogens with one attached hydrogen (secondary N) is 4. The van der Waals surface area contributed by atoms with Gasteiger partial charge >= 0.3 is 0 Å². The number of carbonyl (C=O) groups excluding carboxylic acids is 3. The van der Waals surface area contributed by atoms with Crippen molar-refractivity contribution in [3.8, 4) is 0 Å². The molecule has 0 aliphatic carbocycles. The Morgan fingerprint density at radius 3 is 2.21 bits per heavy atom. The van der Waals surface area contributed by atoms with Crippen molar-refractivity contribution in [3.63, 3.8) is 0 Å². The van der Waals surface area contributed by atoms with Gasteiger partial charge < -0.3 is 10.6 Å². The minimum Gasteiger partial charge on any atom is -0.326 e. The lowest BCUT2D eigenvalue weighted by Gasteiger charge is -2.11. The van der Waals surface area contributed by atoms with Crippen molar-refractivity contribution >= 4 is 52.3 Å². The molecule has 0 aromatic heterocycles. The summed E-state index contributed by atoms with van der Waals surface area (Å²) in [5.41, 5.74) is 6.64. The summed E-state index contributed by atoms with van der Waals surface area (Å²) in [6.07, 6.45) is 1.32. The minimum absolute atomic E-state index is 0.0271. The van der Waals surface area contributed by atoms with Crippen molar-refractivity contribution in [2.75, 3.05) is 5.32 Å². The number of amides is 3. The zero-order chi connectivity index (χ0) is 21.2. The third kappa shape index (κ3) is 7.89. The number of benzene rings is 2. The average Bonchev–Trinajstić information content (AvgIpc) is 2.68. The van der Waals surface area contributed by atoms with Crippen LogP contribution in [-0.4, -0.2) is 22.8 Å². The quantitative estimate of drug-likeness (QED) is 0.415. The standard InChI is InChI=1S/C20H21ClN4O3S/c1-2-3-17(26)22-16-10-6-14(7-11-16)19(28)24-25-20(29)23-18(27)12-13-4-8-15(21)9-5-13/h4-11H,2-3,12H2,1H3,(H,22,26)(H,24,28)(H2,23,25,27,29). The van der Waals surface area contributed by atoms with Gasteiger partial charge in [-0.2, -0.15) is 0 Å². The molecule has 0 aliphatic heterocycles. The van der Waals surface area contributed by atoms with Crippen LogP contribution in [0.5, 0.6) is 0 Å². The summed E-state index contributed by atoms with van der Waals surface area (Å²) in [5, 5.41) is 5.78. The Morgan fingerprint density at radius 2 is 1.59 bits per heavy atom. The number of anilines is 1. The normalized spacial score (nSPS) is 10.0. The molecule has 3 amide bonds. The second-order valence-corrected chi connectivity index (χ2v) is 6.98. The summed E-state index contributed by atoms with van der Waals surface area (Å²) in [6, 6.07) is 13.3. The first-order chi connectivity index (χ1) is 13.9. The number of hydrazine groups is 1. The van der Waals surface area contributed by atoms with Crippen LogP contribution >= 0.6 is 23.8 Å². The Hall–Kier alpha value is -2.97. The summed E-state index contributed by atoms with van der Waals surface area (Å²) in [4.78, 5) is 35.7. The molecule has 7 nitrogen and oxygen atoms in total. The molecule has 0 saturated carbocycles. The summed E-state index contributed by atoms with van der Waals surface area (Å²) in [7, 11) is 0. The number of carbonyl (C=O) groups is 3. The highest BCUT2D eigenvalue weighted by Gasteiger charge is 2.09. The zero-order valence-corrected chi connectivity index (χ0v) is 17.3. The SMILES string of the molecule is CCCC(=O)Nc1ccc(C(=O)NNC(=S)NC(=O)Cc2ccc(Cl)cc2)cc1. The lowest BCUT2D eigenvalue weighted by Crippen LogP contribution is -2.48. The maximum Gasteiger partial charge on any atom is 0.269 e. The molecule has 2 aromatic carbocycles. The number of halogens is 1. The van der Waals surface area contributed by atoms with Crippen LogP contribution in [0.15, 0.2) is 48.5 Å². The highest BCUT2D eigenvalue weighted by Crippen LogP contribution is 2.11. The predicted octanol–water partition coefficient (Wildman–Crippen LogP) is 2.96. The highest BCUT2D eigenvalue weighted by molar-refractivity contribution is 7.80. The topological polar surface area (TPSA) is 99.3 Å². The van der Waals surface area contributed by atoms with Gasteiger partial charge in [0.05, 0.1) is 6.42 Å². The first kappa shape index (κ1) is 22.3. The molecule has 0 spiro atoms. The van der Waals surface area contributed by atoms with E-state index in [9.17, 15) is 14.4 Å². The smallest absolute Gasteiger partial charge is 0.269 e. The molecule has 0 saturated heterocycles. The van der Waals surface area contributed by atoms with Crippen LogP contribution in [-0.2, 0) is 16.0 Å². The Kier molecular flexibility index (Phi) is 8.57. The van der Waals surface area contributed by atoms with Gasteiger partial charge in [0.15, 0.2) is 5.11 Å². The van der Waals surface area contributed by atoms with Crippen LogP contribution in [0.25, 0.3) is 0 Å². The van der Waals surface area contributed by atoms with Crippen molar-refractivity contribution in [1.82, 2.24) is 16.2 Å². The summed E-state index contributed by atoms with van der Waals surface area (Å²) < 4.78 is 0. The van der Waals surface area contributed by atoms with E-state index in [-0.39, 0.29) is 23.3 Å². The molecule has 2 rings (SSSR count). The molecule has 4 N–H and O–H groups in total. The lowest BCUT2D eigenvalue weighted by atomic mass is 10.1. The van der Waals surface area contributed by atoms with Gasteiger partial charge in [0.25, 0.3) is 5.91 Å². The zero-order valence-electron chi connectivity index (χ0n) is 15.8. The molecule has 29 heavy (non-hydrogen) atoms. The Labute approximate surface area is 179 Å². The molecular formula is C20H21ClN4O3S. The van der Waals surface area contributed by atoms with Crippen LogP contribution < -0.4 is 21.5 Å². The Morgan fingerprint density at radius 1 is 0.931 bits per heavy atom. The molecule has 0 atom stereocenters. The molecule has 9 heteroatoms. The molecule has 2 aromatic rings. The van der Waals surface area contributed by atoms with Gasteiger partial charge in [-0.1, -0.05) is 30.7 Å². The van der Waals surface area contributed by atoms with Crippen LogP contribution in [0.1, 0.15) is 35.7 Å². The lowest BCUT2D eigenvalue weighted by molar-refractivity contribution is -0.119. The van der Waals surface area contributed by atoms with E-state index in [0.29, 0.717) is 22.7 Å². The molecular weight excluding hydrogens is 412 g/mol. The Bertz CT molecular complexity index is 886. The molecule has 0 heterocycles. The predicted molar refractivity (Wildman–Crippen MR) is 116 cm³/mol. The molecule has 0 unspecified atom stereocenters. The van der Waals surface area contributed by atoms with Crippen LogP contribution in [0, 0.1) is 0 Å². The molecule has 0 aliphatic rings. The van der Waals surface area contributed by atoms with E-state index >= 15 is 0 Å². The van der Waals surface area contributed by atoms with Gasteiger partial charge in [0, 0.05) is 22.7 Å². The van der Waals surface area contributed by atoms with E-state index < -0.39 is 5.91 Å². The van der Waals surface area contributed by atoms with E-state index in [1.807, 2.05) is 6.92 Å². The third-order valence-corrected chi connectivity index (χ3v) is 4.18. The second kappa shape index (κ2) is 11.1. The second-order valence-electron chi connectivity index (χ2n) is 6.14. The van der Waals surface area contributed by atoms with Gasteiger partial charge in [0.2, 0.25) is 11.8 Å². The summed E-state index contributed by atoms with van der Waals surface area (Å²) in [5.74, 6) is -0.844. The van der Waals surface area contributed by atoms with Crippen LogP contribution in [0.2, 0.25) is 5.02 Å². The number of hydrogen-bond donors (Lipinski definition) is 4. The molecule has 0 fully saturated rings. The van der Waals surface area contributed by atoms with Gasteiger partial charge in [-0.25, -0.2) is 0 Å². The average molecular weight is 433 g/mol. The van der Waals surface area contributed by atoms with Crippen LogP contribution in [0.4, 0.5) is 5.69 Å². The van der Waals surface area contributed by atoms with Crippen molar-refractivity contribution in [1.29, 1.82) is 0 Å². The first-order valence-electron chi connectivity index (χ1n) is 8.92. The Balaban J connectivity index is 1.77. The third-order valence-electron chi connectivity index (χ3n) is 3.73. The van der Waals surface area contributed by atoms with Gasteiger partial charge in [-0.05, 0) is 60.6 Å². The van der Waals surface area contributed by atoms with Gasteiger partial charge in [0.1, 0.15) is 0 Å². The fourth-order valence-electron chi connectivity index (χ4n) is 2.33. The van der Waals surface area contributed by atoms with Crippen molar-refractivity contribution in [3.05, 3.63) is 64.7 Å². The number of hydrogen-bond acceptors (Lipinski definition) is 4. The monoisotopic (exact) mass is 432 g/mol. The van der Waals surface area contributed by atoms with Crippen LogP contribution in [0.3, 0.4) is 0 Å². The van der Waals surface area contributed by atoms with Gasteiger partial charge in [-0.3, -0.25) is 25.2 Å². The first-order valence-corrected chi connectivity index (χ1v) is 9.70. The highest BCUT2D eigenvalue weighted by atomic mass is 35.5. The van der Waals surface area contributed by atoms with Crippen molar-refractivity contribution in [2.45, 2.75) is 26.2 Å². The van der Waals surface area contributed by atoms with E-state index in [1.165, 1.54) is 0 Å². The maximum absolute atomic E-state index is 12.1. The summed E-state index contributed by atoms with van der Waals surface area (Å²) in [6.45, 7) is 1.92. The molecule has 0 radical (unpaired) electrons. The maximum atomic E-state index is 12.1. The van der Waals surface area contributed by atoms with Crippen molar-refractivity contribution < 1.29 is 14.4 Å². The fraction of sp³-hybridized carbons (Fsp3) is 0.200. The fourth-order valence-corrected chi connectivity index (χ4v) is 2.62. The van der Waals surface area contributed by atoms with E-state index in [2.05, 4.69) is 21.5 Å². The van der Waals surface area contributed by atoms with Gasteiger partial charge in [-0.15, -0.1) is 0 Å². The van der Waals surface area contributed by atoms with Crippen molar-refractivity contribution in [2.24, 2.45) is 0 Å².